The third kappa shape index (κ3) is 3.99. The first-order chi connectivity index (χ1) is 13.9. The van der Waals surface area contributed by atoms with Crippen molar-refractivity contribution in [2.24, 2.45) is 5.16 Å². The largest absolute Gasteiger partial charge is 0.398 e. The van der Waals surface area contributed by atoms with Crippen LogP contribution in [0.3, 0.4) is 0 Å². The molecule has 0 saturated carbocycles. The number of carbonyl (C=O) groups excluding carboxylic acids is 1. The van der Waals surface area contributed by atoms with Crippen molar-refractivity contribution < 1.29 is 14.1 Å². The highest BCUT2D eigenvalue weighted by Crippen LogP contribution is 2.37. The summed E-state index contributed by atoms with van der Waals surface area (Å²) in [6.07, 6.45) is 4.70. The summed E-state index contributed by atoms with van der Waals surface area (Å²) in [5.74, 6) is 0.903. The zero-order valence-corrected chi connectivity index (χ0v) is 18.2. The van der Waals surface area contributed by atoms with Crippen LogP contribution in [0.5, 0.6) is 0 Å². The van der Waals surface area contributed by atoms with Gasteiger partial charge in [0.05, 0.1) is 20.1 Å². The number of likely N-dealkylation sites (tertiary alicyclic amines) is 1. The summed E-state index contributed by atoms with van der Waals surface area (Å²) in [7, 11) is 3.69. The molecule has 4 rings (SSSR count). The predicted molar refractivity (Wildman–Crippen MR) is 116 cm³/mol. The Morgan fingerprint density at radius 1 is 1.52 bits per heavy atom. The molecule has 11 heteroatoms. The third-order valence-electron chi connectivity index (χ3n) is 5.57. The Balaban J connectivity index is 1.41. The lowest BCUT2D eigenvalue weighted by Crippen LogP contribution is -2.69. The fourth-order valence-electron chi connectivity index (χ4n) is 4.13. The van der Waals surface area contributed by atoms with Gasteiger partial charge in [0.2, 0.25) is 0 Å². The number of thiazole rings is 1. The molecule has 4 heterocycles. The number of rotatable bonds is 6. The number of carbonyl (C=O) groups is 1. The summed E-state index contributed by atoms with van der Waals surface area (Å²) in [5.41, 5.74) is 7.47. The lowest BCUT2D eigenvalue weighted by Gasteiger charge is -2.50. The Morgan fingerprint density at radius 3 is 2.93 bits per heavy atom. The summed E-state index contributed by atoms with van der Waals surface area (Å²) in [4.78, 5) is 23.6. The molecule has 0 aromatic carbocycles. The molecule has 3 aliphatic heterocycles. The number of anilines is 1. The van der Waals surface area contributed by atoms with Crippen molar-refractivity contribution in [2.75, 3.05) is 45.3 Å². The summed E-state index contributed by atoms with van der Waals surface area (Å²) < 4.78 is 1.09. The Hall–Kier alpha value is -2.11. The molecule has 0 aliphatic carbocycles. The number of amidine groups is 1. The number of likely N-dealkylation sites (N-methyl/N-ethyl adjacent to an activating group) is 1. The van der Waals surface area contributed by atoms with Gasteiger partial charge in [-0.1, -0.05) is 5.16 Å². The monoisotopic (exact) mass is 436 g/mol. The third-order valence-corrected chi connectivity index (χ3v) is 7.62. The zero-order valence-electron chi connectivity index (χ0n) is 16.6. The van der Waals surface area contributed by atoms with Crippen molar-refractivity contribution >= 4 is 45.7 Å². The summed E-state index contributed by atoms with van der Waals surface area (Å²) in [5, 5.41) is 17.2. The van der Waals surface area contributed by atoms with Gasteiger partial charge in [-0.2, -0.15) is 0 Å². The fourth-order valence-corrected chi connectivity index (χ4v) is 5.96. The molecular formula is C18H26N7O2S2+. The second-order valence-electron chi connectivity index (χ2n) is 7.86. The van der Waals surface area contributed by atoms with Gasteiger partial charge in [0.15, 0.2) is 10.8 Å². The van der Waals surface area contributed by atoms with Gasteiger partial charge in [0.25, 0.3) is 5.91 Å². The molecule has 2 saturated heterocycles. The average molecular weight is 437 g/mol. The van der Waals surface area contributed by atoms with E-state index in [0.29, 0.717) is 16.7 Å². The van der Waals surface area contributed by atoms with Gasteiger partial charge in [-0.25, -0.2) is 4.98 Å². The van der Waals surface area contributed by atoms with Crippen LogP contribution >= 0.6 is 23.1 Å². The highest BCUT2D eigenvalue weighted by atomic mass is 32.2. The van der Waals surface area contributed by atoms with Crippen LogP contribution in [0.2, 0.25) is 0 Å². The van der Waals surface area contributed by atoms with Crippen molar-refractivity contribution in [3.05, 3.63) is 22.8 Å². The van der Waals surface area contributed by atoms with E-state index in [0.717, 1.165) is 16.8 Å². The Bertz CT molecular complexity index is 875. The van der Waals surface area contributed by atoms with E-state index in [4.69, 9.17) is 16.0 Å². The molecule has 1 amide bonds. The summed E-state index contributed by atoms with van der Waals surface area (Å²) >= 11 is 3.00. The molecule has 0 spiro atoms. The van der Waals surface area contributed by atoms with Gasteiger partial charge in [-0.3, -0.25) is 10.2 Å². The van der Waals surface area contributed by atoms with Crippen molar-refractivity contribution in [2.45, 2.75) is 24.3 Å². The normalized spacial score (nSPS) is 25.9. The number of thioether (sulfide) groups is 1. The van der Waals surface area contributed by atoms with Gasteiger partial charge in [-0.05, 0) is 0 Å². The van der Waals surface area contributed by atoms with E-state index < -0.39 is 5.91 Å². The lowest BCUT2D eigenvalue weighted by molar-refractivity contribution is -0.893. The second-order valence-corrected chi connectivity index (χ2v) is 9.85. The maximum atomic E-state index is 12.8. The van der Waals surface area contributed by atoms with Gasteiger partial charge < -0.3 is 25.3 Å². The number of quaternary nitrogens is 1. The molecule has 4 N–H and O–H groups in total. The molecule has 2 atom stereocenters. The smallest absolute Gasteiger partial charge is 0.276 e. The van der Waals surface area contributed by atoms with Crippen LogP contribution in [0.4, 0.5) is 5.13 Å². The topological polar surface area (TPSA) is 117 Å². The van der Waals surface area contributed by atoms with Crippen molar-refractivity contribution in [3.8, 4) is 0 Å². The summed E-state index contributed by atoms with van der Waals surface area (Å²) in [6.45, 7) is 3.49. The maximum absolute atomic E-state index is 12.8. The van der Waals surface area contributed by atoms with Crippen molar-refractivity contribution in [1.82, 2.24) is 15.2 Å². The minimum atomic E-state index is -0.419. The molecule has 0 bridgehead atoms. The number of nitrogens with two attached hydrogens (primary N) is 1. The first-order valence-corrected chi connectivity index (χ1v) is 11.5. The first-order valence-electron chi connectivity index (χ1n) is 9.55. The minimum absolute atomic E-state index is 0.0309. The molecule has 1 aromatic heterocycles. The molecule has 0 radical (unpaired) electrons. The highest BCUT2D eigenvalue weighted by molar-refractivity contribution is 8.00. The molecular weight excluding hydrogens is 410 g/mol. The van der Waals surface area contributed by atoms with E-state index in [1.807, 2.05) is 4.90 Å². The van der Waals surface area contributed by atoms with E-state index in [9.17, 15) is 4.79 Å². The van der Waals surface area contributed by atoms with Gasteiger partial charge >= 0.3 is 0 Å². The van der Waals surface area contributed by atoms with Crippen LogP contribution in [0.1, 0.15) is 18.5 Å². The minimum Gasteiger partial charge on any atom is -0.398 e. The highest BCUT2D eigenvalue weighted by Gasteiger charge is 2.47. The quantitative estimate of drug-likeness (QED) is 0.349. The molecule has 2 unspecified atom stereocenters. The Kier molecular flexibility index (Phi) is 5.54. The molecule has 156 valence electrons. The average Bonchev–Trinajstić information content (AvgIpc) is 3.32. The number of nitrogens with one attached hydrogen (secondary N) is 2. The number of nitrogen functional groups attached to an aromatic ring is 1. The van der Waals surface area contributed by atoms with E-state index in [2.05, 4.69) is 28.7 Å². The lowest BCUT2D eigenvalue weighted by atomic mass is 10.1. The van der Waals surface area contributed by atoms with Crippen molar-refractivity contribution in [3.63, 3.8) is 0 Å². The zero-order chi connectivity index (χ0) is 20.6. The van der Waals surface area contributed by atoms with Crippen LogP contribution in [-0.2, 0) is 9.63 Å². The Morgan fingerprint density at radius 2 is 2.28 bits per heavy atom. The number of hydrogen-bond donors (Lipinski definition) is 3. The van der Waals surface area contributed by atoms with Gasteiger partial charge in [-0.15, -0.1) is 23.1 Å². The maximum Gasteiger partial charge on any atom is 0.276 e. The van der Waals surface area contributed by atoms with Gasteiger partial charge in [0, 0.05) is 35.7 Å². The standard InChI is InChI=1S/C18H25N7O2S2/c1-25(5-3-4-6-25)8-11-7-24-15(19)14(17(24)28-9-11)22-16(26)13(23-27-2)12-10-29-18(20)21-12/h7,10,14,17,19H,3-6,8-9H2,1-2H3,(H2-,20,21,22,26)/p+1. The SMILES string of the molecule is CON=C(C(=O)NC1C(=N)N2C=C(C[N+]3(C)CCCC3)CSC12)c1csc(N)n1. The van der Waals surface area contributed by atoms with Crippen LogP contribution in [0, 0.1) is 5.41 Å². The predicted octanol–water partition coefficient (Wildman–Crippen LogP) is 1.05. The second kappa shape index (κ2) is 7.96. The molecule has 9 nitrogen and oxygen atoms in total. The van der Waals surface area contributed by atoms with E-state index >= 15 is 0 Å². The number of oxime groups is 1. The number of hydrogen-bond acceptors (Lipinski definition) is 8. The number of amides is 1. The van der Waals surface area contributed by atoms with Crippen LogP contribution < -0.4 is 11.1 Å². The molecule has 1 aromatic rings. The van der Waals surface area contributed by atoms with E-state index in [1.165, 1.54) is 50.0 Å². The van der Waals surface area contributed by atoms with Crippen LogP contribution in [0.15, 0.2) is 22.3 Å². The Labute approximate surface area is 178 Å². The molecule has 29 heavy (non-hydrogen) atoms. The fraction of sp³-hybridized carbons (Fsp3) is 0.556. The van der Waals surface area contributed by atoms with Crippen LogP contribution in [0.25, 0.3) is 0 Å². The number of nitrogens with zero attached hydrogens (tertiary/aromatic N) is 4. The van der Waals surface area contributed by atoms with Crippen LogP contribution in [-0.4, -0.2) is 82.8 Å². The first kappa shape index (κ1) is 20.2. The van der Waals surface area contributed by atoms with Gasteiger partial charge in [0.1, 0.15) is 36.6 Å². The molecule has 3 aliphatic rings. The van der Waals surface area contributed by atoms with E-state index in [1.54, 1.807) is 17.1 Å². The molecule has 2 fully saturated rings. The summed E-state index contributed by atoms with van der Waals surface area (Å²) in [6, 6.07) is -0.361. The number of fused-ring (bicyclic) bond motifs is 1. The van der Waals surface area contributed by atoms with E-state index in [-0.39, 0.29) is 17.1 Å². The van der Waals surface area contributed by atoms with Crippen molar-refractivity contribution in [1.29, 1.82) is 5.41 Å². The number of aromatic nitrogens is 1.